The van der Waals surface area contributed by atoms with Gasteiger partial charge in [0.2, 0.25) is 11.8 Å². The summed E-state index contributed by atoms with van der Waals surface area (Å²) in [5, 5.41) is 17.0. The summed E-state index contributed by atoms with van der Waals surface area (Å²) in [7, 11) is -2.83. The first-order valence-electron chi connectivity index (χ1n) is 12.2. The van der Waals surface area contributed by atoms with Crippen LogP contribution in [0.25, 0.3) is 0 Å². The summed E-state index contributed by atoms with van der Waals surface area (Å²) >= 11 is 0. The third kappa shape index (κ3) is 6.38. The molecular weight excluding hydrogens is 496 g/mol. The Balaban J connectivity index is 2.09. The van der Waals surface area contributed by atoms with E-state index < -0.39 is 20.2 Å². The quantitative estimate of drug-likeness (QED) is 0.315. The van der Waals surface area contributed by atoms with E-state index in [4.69, 9.17) is 4.43 Å². The van der Waals surface area contributed by atoms with Gasteiger partial charge in [0.1, 0.15) is 0 Å². The Bertz CT molecular complexity index is 1350. The first-order valence-corrected chi connectivity index (χ1v) is 14.1. The van der Waals surface area contributed by atoms with Crippen molar-refractivity contribution in [3.05, 3.63) is 83.9 Å². The van der Waals surface area contributed by atoms with E-state index in [2.05, 4.69) is 67.5 Å². The molecule has 0 spiro atoms. The van der Waals surface area contributed by atoms with Crippen molar-refractivity contribution in [1.82, 2.24) is 0 Å². The zero-order valence-corrected chi connectivity index (χ0v) is 23.2. The first kappa shape index (κ1) is 28.4. The van der Waals surface area contributed by atoms with Crippen LogP contribution in [-0.4, -0.2) is 37.8 Å². The number of amides is 2. The molecule has 0 aliphatic heterocycles. The molecule has 8 heteroatoms. The van der Waals surface area contributed by atoms with Gasteiger partial charge in [-0.2, -0.15) is 0 Å². The Hall–Kier alpha value is -4.19. The number of hydrogen-bond acceptors (Lipinski definition) is 4. The average Bonchev–Trinajstić information content (AvgIpc) is 2.84. The molecule has 0 radical (unpaired) electrons. The summed E-state index contributed by atoms with van der Waals surface area (Å²) in [4.78, 5) is 35.5. The van der Waals surface area contributed by atoms with Crippen molar-refractivity contribution < 1.29 is 23.9 Å². The van der Waals surface area contributed by atoms with E-state index in [0.717, 1.165) is 10.4 Å². The van der Waals surface area contributed by atoms with Crippen LogP contribution in [0.3, 0.4) is 0 Å². The Morgan fingerprint density at radius 2 is 1.39 bits per heavy atom. The second-order valence-corrected chi connectivity index (χ2v) is 14.2. The summed E-state index contributed by atoms with van der Waals surface area (Å²) in [6.45, 7) is 9.14. The molecule has 0 saturated carbocycles. The maximum absolute atomic E-state index is 12.1. The van der Waals surface area contributed by atoms with E-state index in [-0.39, 0.29) is 40.1 Å². The van der Waals surface area contributed by atoms with Gasteiger partial charge >= 0.3 is 5.97 Å². The van der Waals surface area contributed by atoms with Gasteiger partial charge in [0.05, 0.1) is 23.4 Å². The third-order valence-corrected chi connectivity index (χ3v) is 11.0. The third-order valence-electron chi connectivity index (χ3n) is 5.99. The summed E-state index contributed by atoms with van der Waals surface area (Å²) in [6.07, 6.45) is 0. The van der Waals surface area contributed by atoms with E-state index in [1.807, 2.05) is 36.4 Å². The van der Waals surface area contributed by atoms with Gasteiger partial charge in [0.15, 0.2) is 0 Å². The number of carbonyl (C=O) groups excluding carboxylic acids is 2. The van der Waals surface area contributed by atoms with Gasteiger partial charge in [-0.1, -0.05) is 93.3 Å². The lowest BCUT2D eigenvalue weighted by molar-refractivity contribution is -0.115. The van der Waals surface area contributed by atoms with E-state index in [1.165, 1.54) is 26.0 Å². The highest BCUT2D eigenvalue weighted by atomic mass is 28.4. The van der Waals surface area contributed by atoms with Crippen LogP contribution in [0.15, 0.2) is 72.8 Å². The van der Waals surface area contributed by atoms with Crippen LogP contribution in [0.1, 0.15) is 50.5 Å². The highest BCUT2D eigenvalue weighted by molar-refractivity contribution is 6.99. The number of nitrogens with one attached hydrogen (secondary N) is 2. The second kappa shape index (κ2) is 11.9. The lowest BCUT2D eigenvalue weighted by atomic mass is 10.0. The molecular formula is C30H32N2O5Si. The fourth-order valence-electron chi connectivity index (χ4n) is 4.54. The van der Waals surface area contributed by atoms with Crippen LogP contribution < -0.4 is 21.0 Å². The van der Waals surface area contributed by atoms with Crippen LogP contribution in [0.2, 0.25) is 5.04 Å². The molecule has 0 atom stereocenters. The Labute approximate surface area is 224 Å². The molecule has 0 heterocycles. The Morgan fingerprint density at radius 3 is 1.84 bits per heavy atom. The van der Waals surface area contributed by atoms with E-state index >= 15 is 0 Å². The van der Waals surface area contributed by atoms with Crippen molar-refractivity contribution in [2.75, 3.05) is 17.2 Å². The lowest BCUT2D eigenvalue weighted by Crippen LogP contribution is -2.66. The van der Waals surface area contributed by atoms with Gasteiger partial charge in [-0.15, -0.1) is 0 Å². The minimum absolute atomic E-state index is 0.0410. The van der Waals surface area contributed by atoms with Gasteiger partial charge in [-0.25, -0.2) is 4.79 Å². The van der Waals surface area contributed by atoms with E-state index in [9.17, 15) is 19.5 Å². The summed E-state index contributed by atoms with van der Waals surface area (Å²) < 4.78 is 6.76. The lowest BCUT2D eigenvalue weighted by Gasteiger charge is -2.42. The molecule has 3 aromatic carbocycles. The van der Waals surface area contributed by atoms with Crippen LogP contribution in [0.5, 0.6) is 0 Å². The van der Waals surface area contributed by atoms with Crippen molar-refractivity contribution in [3.63, 3.8) is 0 Å². The molecule has 0 aliphatic rings. The molecule has 0 aromatic heterocycles. The molecule has 3 N–H and O–H groups in total. The van der Waals surface area contributed by atoms with E-state index in [0.29, 0.717) is 0 Å². The van der Waals surface area contributed by atoms with Gasteiger partial charge in [-0.3, -0.25) is 9.59 Å². The molecule has 3 rings (SSSR count). The minimum Gasteiger partial charge on any atom is -0.478 e. The molecule has 3 aromatic rings. The summed E-state index contributed by atoms with van der Waals surface area (Å²) in [5.41, 5.74) is 0.428. The molecule has 2 amide bonds. The summed E-state index contributed by atoms with van der Waals surface area (Å²) in [5.74, 6) is 3.91. The average molecular weight is 529 g/mol. The van der Waals surface area contributed by atoms with Gasteiger partial charge < -0.3 is 20.2 Å². The number of carbonyl (C=O) groups is 3. The maximum atomic E-state index is 12.1. The van der Waals surface area contributed by atoms with Gasteiger partial charge in [0, 0.05) is 19.5 Å². The number of aromatic carboxylic acids is 1. The zero-order chi connectivity index (χ0) is 27.9. The number of carboxylic acids is 1. The molecule has 0 bridgehead atoms. The van der Waals surface area contributed by atoms with Crippen molar-refractivity contribution >= 4 is 47.8 Å². The first-order chi connectivity index (χ1) is 18.0. The number of benzene rings is 3. The fourth-order valence-corrected chi connectivity index (χ4v) is 8.98. The normalized spacial score (nSPS) is 11.2. The minimum atomic E-state index is -2.83. The zero-order valence-electron chi connectivity index (χ0n) is 22.2. The van der Waals surface area contributed by atoms with Crippen molar-refractivity contribution in [2.45, 2.75) is 39.7 Å². The molecule has 38 heavy (non-hydrogen) atoms. The monoisotopic (exact) mass is 528 g/mol. The maximum Gasteiger partial charge on any atom is 0.337 e. The van der Waals surface area contributed by atoms with E-state index in [1.54, 1.807) is 0 Å². The molecule has 0 saturated heterocycles. The van der Waals surface area contributed by atoms with Crippen molar-refractivity contribution in [1.29, 1.82) is 0 Å². The topological polar surface area (TPSA) is 105 Å². The van der Waals surface area contributed by atoms with Gasteiger partial charge in [-0.05, 0) is 27.5 Å². The van der Waals surface area contributed by atoms with Crippen LogP contribution in [0.4, 0.5) is 11.4 Å². The number of anilines is 2. The van der Waals surface area contributed by atoms with Crippen LogP contribution in [0, 0.1) is 11.8 Å². The smallest absolute Gasteiger partial charge is 0.337 e. The number of hydrogen-bond donors (Lipinski definition) is 3. The standard InChI is InChI=1S/C30H32N2O5Si/c1-21(33)31-23-19-27(29(35)36)26(28(20-23)32-22(2)34)17-12-18-37-38(30(3,4)5,24-13-8-6-9-14-24)25-15-10-7-11-16-25/h6-11,13-16,19-20H,18H2,1-5H3,(H,31,33)(H,32,34)(H,35,36). The Kier molecular flexibility index (Phi) is 8.89. The van der Waals surface area contributed by atoms with Crippen molar-refractivity contribution in [2.24, 2.45) is 0 Å². The summed E-state index contributed by atoms with van der Waals surface area (Å²) in [6, 6.07) is 23.1. The Morgan fingerprint density at radius 1 is 0.868 bits per heavy atom. The van der Waals surface area contributed by atoms with Crippen molar-refractivity contribution in [3.8, 4) is 11.8 Å². The molecule has 0 aliphatic carbocycles. The molecule has 7 nitrogen and oxygen atoms in total. The SMILES string of the molecule is CC(=O)Nc1cc(NC(C)=O)c(C#CCO[Si](c2ccccc2)(c2ccccc2)C(C)(C)C)c(C(=O)O)c1. The number of carboxylic acid groups (broad SMARTS) is 1. The van der Waals surface area contributed by atoms with Crippen LogP contribution >= 0.6 is 0 Å². The van der Waals surface area contributed by atoms with Crippen LogP contribution in [-0.2, 0) is 14.0 Å². The molecule has 0 fully saturated rings. The highest BCUT2D eigenvalue weighted by Crippen LogP contribution is 2.36. The fraction of sp³-hybridized carbons (Fsp3) is 0.233. The molecule has 196 valence electrons. The highest BCUT2D eigenvalue weighted by Gasteiger charge is 2.50. The molecule has 0 unspecified atom stereocenters. The van der Waals surface area contributed by atoms with Gasteiger partial charge in [0.25, 0.3) is 8.32 Å². The predicted molar refractivity (Wildman–Crippen MR) is 152 cm³/mol. The largest absolute Gasteiger partial charge is 0.478 e. The number of rotatable bonds is 7. The second-order valence-electron chi connectivity index (χ2n) is 9.87. The predicted octanol–water partition coefficient (Wildman–Crippen LogP) is 4.23.